The lowest BCUT2D eigenvalue weighted by Gasteiger charge is -2.37. The lowest BCUT2D eigenvalue weighted by Crippen LogP contribution is -2.55. The van der Waals surface area contributed by atoms with Crippen molar-refractivity contribution in [3.8, 4) is 11.5 Å². The molecule has 0 fully saturated rings. The van der Waals surface area contributed by atoms with Crippen LogP contribution in [-0.4, -0.2) is 58.9 Å². The van der Waals surface area contributed by atoms with Crippen molar-refractivity contribution >= 4 is 23.9 Å². The maximum absolute atomic E-state index is 14.0. The number of esters is 1. The van der Waals surface area contributed by atoms with Crippen molar-refractivity contribution in [3.63, 3.8) is 0 Å². The molecule has 0 radical (unpaired) electrons. The number of amides is 3. The van der Waals surface area contributed by atoms with E-state index in [0.29, 0.717) is 5.56 Å². The van der Waals surface area contributed by atoms with E-state index in [1.807, 2.05) is 91.0 Å². The van der Waals surface area contributed by atoms with Gasteiger partial charge in [0.2, 0.25) is 11.8 Å². The maximum Gasteiger partial charge on any atom is 0.408 e. The van der Waals surface area contributed by atoms with Gasteiger partial charge in [0.1, 0.15) is 23.2 Å². The number of benzene rings is 4. The Morgan fingerprint density at radius 3 is 1.65 bits per heavy atom. The van der Waals surface area contributed by atoms with Crippen LogP contribution in [0.25, 0.3) is 0 Å². The molecule has 4 rings (SSSR count). The third-order valence-corrected chi connectivity index (χ3v) is 7.63. The van der Waals surface area contributed by atoms with Crippen LogP contribution in [0.15, 0.2) is 109 Å². The highest BCUT2D eigenvalue weighted by Crippen LogP contribution is 2.37. The number of phenolic OH excluding ortho intramolecular Hbond substituents is 2. The zero-order valence-electron chi connectivity index (χ0n) is 27.8. The Morgan fingerprint density at radius 1 is 0.694 bits per heavy atom. The Morgan fingerprint density at radius 2 is 1.20 bits per heavy atom. The second-order valence-corrected chi connectivity index (χ2v) is 12.4. The average molecular weight is 668 g/mol. The number of hydrogen-bond acceptors (Lipinski definition) is 8. The molecular weight excluding hydrogens is 626 g/mol. The molecule has 4 aromatic rings. The van der Waals surface area contributed by atoms with Gasteiger partial charge in [0.05, 0.1) is 13.5 Å². The van der Waals surface area contributed by atoms with Crippen LogP contribution in [0.4, 0.5) is 4.79 Å². The smallest absolute Gasteiger partial charge is 0.408 e. The molecule has 5 N–H and O–H groups in total. The number of carbonyl (C=O) groups is 4. The molecule has 49 heavy (non-hydrogen) atoms. The zero-order chi connectivity index (χ0) is 35.6. The molecule has 0 aromatic heterocycles. The summed E-state index contributed by atoms with van der Waals surface area (Å²) < 4.78 is 10.3. The van der Waals surface area contributed by atoms with Gasteiger partial charge in [-0.1, -0.05) is 97.1 Å². The summed E-state index contributed by atoms with van der Waals surface area (Å²) in [6, 6.07) is 29.4. The molecule has 0 saturated carbocycles. The standard InChI is InChI=1S/C38H41N3O8/c1-37(2,3)49-36(47)40-29(22-25-20-21-31(42)32(43)23-25)34(45)39-30(35(46)48-4)24-33(44)41-38(26-14-8-5-9-15-26,27-16-10-6-11-17-27)28-18-12-7-13-19-28/h5-21,23,29-30,42-43H,22,24H2,1-4H3,(H,39,45)(H,40,47)(H,41,44)/t29-,30-/m0/s1. The summed E-state index contributed by atoms with van der Waals surface area (Å²) in [7, 11) is 1.14. The van der Waals surface area contributed by atoms with Gasteiger partial charge in [-0.05, 0) is 55.2 Å². The molecule has 0 heterocycles. The first kappa shape index (κ1) is 36.0. The third kappa shape index (κ3) is 9.38. The van der Waals surface area contributed by atoms with Crippen molar-refractivity contribution in [2.75, 3.05) is 7.11 Å². The van der Waals surface area contributed by atoms with Crippen LogP contribution >= 0.6 is 0 Å². The van der Waals surface area contributed by atoms with E-state index >= 15 is 0 Å². The highest BCUT2D eigenvalue weighted by Gasteiger charge is 2.39. The molecule has 0 aliphatic heterocycles. The predicted molar refractivity (Wildman–Crippen MR) is 183 cm³/mol. The molecule has 4 aromatic carbocycles. The molecule has 0 unspecified atom stereocenters. The highest BCUT2D eigenvalue weighted by atomic mass is 16.6. The van der Waals surface area contributed by atoms with Gasteiger partial charge in [0.25, 0.3) is 0 Å². The van der Waals surface area contributed by atoms with E-state index < -0.39 is 59.3 Å². The number of alkyl carbamates (subject to hydrolysis) is 1. The number of ether oxygens (including phenoxy) is 2. The Kier molecular flexibility index (Phi) is 11.6. The molecule has 3 amide bonds. The summed E-state index contributed by atoms with van der Waals surface area (Å²) in [5, 5.41) is 28.0. The number of carbonyl (C=O) groups excluding carboxylic acids is 4. The molecule has 0 bridgehead atoms. The van der Waals surface area contributed by atoms with Gasteiger partial charge < -0.3 is 35.6 Å². The van der Waals surface area contributed by atoms with Crippen LogP contribution in [0, 0.1) is 0 Å². The van der Waals surface area contributed by atoms with Crippen molar-refractivity contribution in [3.05, 3.63) is 131 Å². The predicted octanol–water partition coefficient (Wildman–Crippen LogP) is 4.69. The topological polar surface area (TPSA) is 163 Å². The fourth-order valence-electron chi connectivity index (χ4n) is 5.43. The Bertz CT molecular complexity index is 1640. The molecule has 256 valence electrons. The fraction of sp³-hybridized carbons (Fsp3) is 0.263. The molecular formula is C38H41N3O8. The van der Waals surface area contributed by atoms with Gasteiger partial charge in [-0.2, -0.15) is 0 Å². The molecule has 0 aliphatic carbocycles. The van der Waals surface area contributed by atoms with Crippen molar-refractivity contribution in [2.45, 2.75) is 56.8 Å². The molecule has 0 spiro atoms. The van der Waals surface area contributed by atoms with Gasteiger partial charge in [-0.25, -0.2) is 9.59 Å². The zero-order valence-corrected chi connectivity index (χ0v) is 27.8. The quantitative estimate of drug-likeness (QED) is 0.0826. The maximum atomic E-state index is 14.0. The first-order valence-corrected chi connectivity index (χ1v) is 15.7. The van der Waals surface area contributed by atoms with Crippen LogP contribution < -0.4 is 16.0 Å². The minimum atomic E-state index is -1.45. The minimum absolute atomic E-state index is 0.155. The molecule has 0 aliphatic rings. The first-order valence-electron chi connectivity index (χ1n) is 15.7. The Hall–Kier alpha value is -5.84. The lowest BCUT2D eigenvalue weighted by atomic mass is 9.77. The van der Waals surface area contributed by atoms with Crippen LogP contribution in [0.3, 0.4) is 0 Å². The number of phenols is 2. The average Bonchev–Trinajstić information content (AvgIpc) is 3.08. The van der Waals surface area contributed by atoms with E-state index in [-0.39, 0.29) is 12.2 Å². The normalized spacial score (nSPS) is 12.6. The SMILES string of the molecule is COC(=O)[C@H](CC(=O)NC(c1ccccc1)(c1ccccc1)c1ccccc1)NC(=O)[C@H](Cc1ccc(O)c(O)c1)NC(=O)OC(C)(C)C. The van der Waals surface area contributed by atoms with Crippen molar-refractivity contribution < 1.29 is 38.9 Å². The monoisotopic (exact) mass is 667 g/mol. The van der Waals surface area contributed by atoms with Crippen molar-refractivity contribution in [2.24, 2.45) is 0 Å². The lowest BCUT2D eigenvalue weighted by molar-refractivity contribution is -0.147. The molecule has 2 atom stereocenters. The largest absolute Gasteiger partial charge is 0.504 e. The Balaban J connectivity index is 1.65. The summed E-state index contributed by atoms with van der Waals surface area (Å²) in [4.78, 5) is 53.6. The summed E-state index contributed by atoms with van der Waals surface area (Å²) in [6.45, 7) is 4.98. The fourth-order valence-corrected chi connectivity index (χ4v) is 5.43. The van der Waals surface area contributed by atoms with E-state index in [9.17, 15) is 29.4 Å². The molecule has 11 nitrogen and oxygen atoms in total. The van der Waals surface area contributed by atoms with Gasteiger partial charge in [-0.15, -0.1) is 0 Å². The van der Waals surface area contributed by atoms with Gasteiger partial charge in [0, 0.05) is 6.42 Å². The van der Waals surface area contributed by atoms with E-state index in [1.54, 1.807) is 20.8 Å². The Labute approximate surface area is 285 Å². The first-order chi connectivity index (χ1) is 23.3. The number of rotatable bonds is 12. The van der Waals surface area contributed by atoms with Gasteiger partial charge >= 0.3 is 12.1 Å². The van der Waals surface area contributed by atoms with Crippen LogP contribution in [0.1, 0.15) is 49.4 Å². The number of aromatic hydroxyl groups is 2. The summed E-state index contributed by atoms with van der Waals surface area (Å²) in [6.07, 6.45) is -1.56. The number of methoxy groups -OCH3 is 1. The van der Waals surface area contributed by atoms with Gasteiger partial charge in [0.15, 0.2) is 11.5 Å². The molecule has 0 saturated heterocycles. The third-order valence-electron chi connectivity index (χ3n) is 7.63. The van der Waals surface area contributed by atoms with Crippen LogP contribution in [0.5, 0.6) is 11.5 Å². The molecule has 11 heteroatoms. The van der Waals surface area contributed by atoms with Crippen molar-refractivity contribution in [1.29, 1.82) is 0 Å². The summed E-state index contributed by atoms with van der Waals surface area (Å²) >= 11 is 0. The highest BCUT2D eigenvalue weighted by molar-refractivity contribution is 5.93. The number of nitrogens with one attached hydrogen (secondary N) is 3. The summed E-state index contributed by atoms with van der Waals surface area (Å²) in [5.74, 6) is -3.06. The van der Waals surface area contributed by atoms with Gasteiger partial charge in [-0.3, -0.25) is 9.59 Å². The van der Waals surface area contributed by atoms with E-state index in [1.165, 1.54) is 18.2 Å². The van der Waals surface area contributed by atoms with Crippen LogP contribution in [-0.2, 0) is 35.8 Å². The van der Waals surface area contributed by atoms with E-state index in [4.69, 9.17) is 9.47 Å². The summed E-state index contributed by atoms with van der Waals surface area (Å²) in [5.41, 5.74) is 0.622. The van der Waals surface area contributed by atoms with Crippen molar-refractivity contribution in [1.82, 2.24) is 16.0 Å². The minimum Gasteiger partial charge on any atom is -0.504 e. The van der Waals surface area contributed by atoms with E-state index in [2.05, 4.69) is 16.0 Å². The number of hydrogen-bond donors (Lipinski definition) is 5. The second kappa shape index (κ2) is 15.8. The van der Waals surface area contributed by atoms with E-state index in [0.717, 1.165) is 23.8 Å². The second-order valence-electron chi connectivity index (χ2n) is 12.4. The van der Waals surface area contributed by atoms with Crippen LogP contribution in [0.2, 0.25) is 0 Å².